The van der Waals surface area contributed by atoms with Crippen molar-refractivity contribution in [2.45, 2.75) is 31.7 Å². The summed E-state index contributed by atoms with van der Waals surface area (Å²) in [5.74, 6) is 0.0871. The molecule has 3 N–H and O–H groups in total. The van der Waals surface area contributed by atoms with Crippen molar-refractivity contribution < 1.29 is 4.79 Å². The zero-order chi connectivity index (χ0) is 12.3. The minimum atomic E-state index is 0. The molecule has 18 heavy (non-hydrogen) atoms. The number of aromatic nitrogens is 1. The Balaban J connectivity index is 0.00000162. The first-order valence-corrected chi connectivity index (χ1v) is 6.20. The van der Waals surface area contributed by atoms with Gasteiger partial charge in [-0.25, -0.2) is 0 Å². The molecule has 0 spiro atoms. The highest BCUT2D eigenvalue weighted by atomic mass is 35.5. The molecule has 100 valence electrons. The summed E-state index contributed by atoms with van der Waals surface area (Å²) >= 11 is 5.93. The lowest BCUT2D eigenvalue weighted by atomic mass is 9.86. The van der Waals surface area contributed by atoms with E-state index in [1.54, 1.807) is 12.3 Å². The summed E-state index contributed by atoms with van der Waals surface area (Å²) in [5, 5.41) is 3.31. The van der Waals surface area contributed by atoms with Gasteiger partial charge in [-0.2, -0.15) is 0 Å². The maximum atomic E-state index is 12.0. The number of hydrogen-bond donors (Lipinski definition) is 2. The van der Waals surface area contributed by atoms with Gasteiger partial charge in [0.05, 0.1) is 10.7 Å². The van der Waals surface area contributed by atoms with E-state index in [1.807, 2.05) is 0 Å². The number of amides is 1. The smallest absolute Gasteiger partial charge is 0.227 e. The maximum absolute atomic E-state index is 12.0. The molecule has 0 saturated heterocycles. The van der Waals surface area contributed by atoms with Crippen LogP contribution in [0.15, 0.2) is 18.5 Å². The molecule has 0 unspecified atom stereocenters. The van der Waals surface area contributed by atoms with Gasteiger partial charge in [-0.1, -0.05) is 11.6 Å². The standard InChI is InChI=1S/C12H16ClN3O.ClH/c13-10-7-15-6-5-11(10)16-12(17)8-1-3-9(14)4-2-8;/h5-9H,1-4,14H2,(H,15,16,17);1H. The van der Waals surface area contributed by atoms with Crippen LogP contribution in [0, 0.1) is 5.92 Å². The van der Waals surface area contributed by atoms with E-state index >= 15 is 0 Å². The molecule has 1 heterocycles. The van der Waals surface area contributed by atoms with Crippen LogP contribution >= 0.6 is 24.0 Å². The molecule has 2 rings (SSSR count). The van der Waals surface area contributed by atoms with Gasteiger partial charge in [-0.15, -0.1) is 12.4 Å². The van der Waals surface area contributed by atoms with Crippen LogP contribution in [0.1, 0.15) is 25.7 Å². The van der Waals surface area contributed by atoms with Crippen LogP contribution in [0.4, 0.5) is 5.69 Å². The second kappa shape index (κ2) is 6.92. The molecular weight excluding hydrogens is 273 g/mol. The van der Waals surface area contributed by atoms with Crippen LogP contribution in [-0.4, -0.2) is 16.9 Å². The van der Waals surface area contributed by atoms with E-state index in [0.717, 1.165) is 25.7 Å². The molecule has 1 saturated carbocycles. The van der Waals surface area contributed by atoms with Crippen molar-refractivity contribution in [3.8, 4) is 0 Å². The molecule has 0 atom stereocenters. The van der Waals surface area contributed by atoms with Crippen LogP contribution in [0.3, 0.4) is 0 Å². The lowest BCUT2D eigenvalue weighted by Gasteiger charge is -2.25. The fourth-order valence-corrected chi connectivity index (χ4v) is 2.26. The summed E-state index contributed by atoms with van der Waals surface area (Å²) in [4.78, 5) is 15.9. The molecule has 1 fully saturated rings. The Morgan fingerprint density at radius 1 is 1.39 bits per heavy atom. The van der Waals surface area contributed by atoms with Crippen LogP contribution in [0.5, 0.6) is 0 Å². The number of pyridine rings is 1. The minimum absolute atomic E-state index is 0. The fraction of sp³-hybridized carbons (Fsp3) is 0.500. The number of nitrogens with one attached hydrogen (secondary N) is 1. The molecule has 1 aromatic rings. The van der Waals surface area contributed by atoms with Gasteiger partial charge in [-0.05, 0) is 31.7 Å². The lowest BCUT2D eigenvalue weighted by molar-refractivity contribution is -0.120. The highest BCUT2D eigenvalue weighted by molar-refractivity contribution is 6.33. The van der Waals surface area contributed by atoms with E-state index in [2.05, 4.69) is 10.3 Å². The molecule has 1 aliphatic rings. The van der Waals surface area contributed by atoms with Crippen molar-refractivity contribution >= 4 is 35.6 Å². The summed E-state index contributed by atoms with van der Waals surface area (Å²) in [6, 6.07) is 1.96. The highest BCUT2D eigenvalue weighted by Crippen LogP contribution is 2.26. The minimum Gasteiger partial charge on any atom is -0.328 e. The van der Waals surface area contributed by atoms with Gasteiger partial charge in [0.15, 0.2) is 0 Å². The van der Waals surface area contributed by atoms with Crippen LogP contribution in [0.2, 0.25) is 5.02 Å². The van der Waals surface area contributed by atoms with Crippen molar-refractivity contribution in [3.63, 3.8) is 0 Å². The molecule has 0 radical (unpaired) electrons. The number of carbonyl (C=O) groups is 1. The number of nitrogens with two attached hydrogens (primary N) is 1. The SMILES string of the molecule is Cl.NC1CCC(C(=O)Nc2ccncc2Cl)CC1. The van der Waals surface area contributed by atoms with Gasteiger partial charge in [0.1, 0.15) is 0 Å². The highest BCUT2D eigenvalue weighted by Gasteiger charge is 2.24. The molecule has 1 amide bonds. The molecular formula is C12H17Cl2N3O. The summed E-state index contributed by atoms with van der Waals surface area (Å²) in [6.45, 7) is 0. The van der Waals surface area contributed by atoms with Crippen molar-refractivity contribution in [2.75, 3.05) is 5.32 Å². The number of hydrogen-bond acceptors (Lipinski definition) is 3. The Morgan fingerprint density at radius 2 is 2.06 bits per heavy atom. The monoisotopic (exact) mass is 289 g/mol. The summed E-state index contributed by atoms with van der Waals surface area (Å²) in [5.41, 5.74) is 6.44. The molecule has 4 nitrogen and oxygen atoms in total. The van der Waals surface area contributed by atoms with Crippen molar-refractivity contribution in [3.05, 3.63) is 23.5 Å². The number of carbonyl (C=O) groups excluding carboxylic acids is 1. The Labute approximate surface area is 118 Å². The number of anilines is 1. The summed E-state index contributed by atoms with van der Waals surface area (Å²) in [7, 11) is 0. The molecule has 0 bridgehead atoms. The van der Waals surface area contributed by atoms with E-state index in [0.29, 0.717) is 10.7 Å². The molecule has 0 aliphatic heterocycles. The summed E-state index contributed by atoms with van der Waals surface area (Å²) < 4.78 is 0. The molecule has 1 aliphatic carbocycles. The van der Waals surface area contributed by atoms with Gasteiger partial charge in [0, 0.05) is 24.4 Å². The first kappa shape index (κ1) is 15.2. The average Bonchev–Trinajstić information content (AvgIpc) is 2.33. The number of halogens is 2. The topological polar surface area (TPSA) is 68.0 Å². The zero-order valence-electron chi connectivity index (χ0n) is 9.93. The van der Waals surface area contributed by atoms with Gasteiger partial charge in [-0.3, -0.25) is 9.78 Å². The van der Waals surface area contributed by atoms with Gasteiger partial charge in [0.2, 0.25) is 5.91 Å². The van der Waals surface area contributed by atoms with Crippen molar-refractivity contribution in [2.24, 2.45) is 11.7 Å². The first-order chi connectivity index (χ1) is 8.16. The van der Waals surface area contributed by atoms with E-state index in [-0.39, 0.29) is 30.3 Å². The Morgan fingerprint density at radius 3 is 2.67 bits per heavy atom. The predicted molar refractivity (Wildman–Crippen MR) is 75.1 cm³/mol. The molecule has 1 aromatic heterocycles. The largest absolute Gasteiger partial charge is 0.328 e. The predicted octanol–water partition coefficient (Wildman–Crippen LogP) is 2.61. The number of nitrogens with zero attached hydrogens (tertiary/aromatic N) is 1. The third-order valence-corrected chi connectivity index (χ3v) is 3.47. The van der Waals surface area contributed by atoms with Gasteiger partial charge < -0.3 is 11.1 Å². The van der Waals surface area contributed by atoms with Crippen LogP contribution in [-0.2, 0) is 4.79 Å². The quantitative estimate of drug-likeness (QED) is 0.879. The zero-order valence-corrected chi connectivity index (χ0v) is 11.5. The third kappa shape index (κ3) is 3.83. The second-order valence-corrected chi connectivity index (χ2v) is 4.86. The third-order valence-electron chi connectivity index (χ3n) is 3.17. The molecule has 0 aromatic carbocycles. The Kier molecular flexibility index (Phi) is 5.85. The fourth-order valence-electron chi connectivity index (χ4n) is 2.09. The van der Waals surface area contributed by atoms with E-state index in [9.17, 15) is 4.79 Å². The normalized spacial score (nSPS) is 23.0. The Hall–Kier alpha value is -0.840. The van der Waals surface area contributed by atoms with Gasteiger partial charge >= 0.3 is 0 Å². The Bertz CT molecular complexity index is 406. The van der Waals surface area contributed by atoms with Gasteiger partial charge in [0.25, 0.3) is 0 Å². The van der Waals surface area contributed by atoms with Crippen molar-refractivity contribution in [1.82, 2.24) is 4.98 Å². The van der Waals surface area contributed by atoms with Crippen LogP contribution < -0.4 is 11.1 Å². The van der Waals surface area contributed by atoms with E-state index in [4.69, 9.17) is 17.3 Å². The summed E-state index contributed by atoms with van der Waals surface area (Å²) in [6.07, 6.45) is 6.68. The molecule has 6 heteroatoms. The second-order valence-electron chi connectivity index (χ2n) is 4.46. The lowest BCUT2D eigenvalue weighted by Crippen LogP contribution is -2.32. The van der Waals surface area contributed by atoms with Crippen LogP contribution in [0.25, 0.3) is 0 Å². The average molecular weight is 290 g/mol. The maximum Gasteiger partial charge on any atom is 0.227 e. The van der Waals surface area contributed by atoms with E-state index < -0.39 is 0 Å². The van der Waals surface area contributed by atoms with E-state index in [1.165, 1.54) is 6.20 Å². The number of rotatable bonds is 2. The van der Waals surface area contributed by atoms with Crippen molar-refractivity contribution in [1.29, 1.82) is 0 Å². The first-order valence-electron chi connectivity index (χ1n) is 5.83.